The third-order valence-electron chi connectivity index (χ3n) is 3.78. The molecule has 2 rings (SSSR count). The highest BCUT2D eigenvalue weighted by atomic mass is 32.2. The zero-order valence-corrected chi connectivity index (χ0v) is 12.4. The quantitative estimate of drug-likeness (QED) is 0.915. The number of hydrogen-bond donors (Lipinski definition) is 1. The van der Waals surface area contributed by atoms with Crippen LogP contribution in [0, 0.1) is 6.92 Å². The molecule has 0 aliphatic heterocycles. The first-order valence-corrected chi connectivity index (χ1v) is 8.74. The number of sulfone groups is 1. The summed E-state index contributed by atoms with van der Waals surface area (Å²) in [6.45, 7) is 2.76. The third-order valence-corrected chi connectivity index (χ3v) is 5.41. The minimum Gasteiger partial charge on any atom is -0.308 e. The van der Waals surface area contributed by atoms with E-state index in [1.54, 1.807) is 0 Å². The number of aromatic nitrogens is 1. The van der Waals surface area contributed by atoms with E-state index in [1.165, 1.54) is 11.8 Å². The maximum Gasteiger partial charge on any atom is 0.150 e. The van der Waals surface area contributed by atoms with Gasteiger partial charge >= 0.3 is 0 Å². The molecule has 0 aromatic carbocycles. The molecule has 0 saturated heterocycles. The van der Waals surface area contributed by atoms with E-state index in [2.05, 4.69) is 16.4 Å². The van der Waals surface area contributed by atoms with Gasteiger partial charge in [-0.25, -0.2) is 8.42 Å². The summed E-state index contributed by atoms with van der Waals surface area (Å²) in [6.07, 6.45) is 6.73. The number of hydrogen-bond acceptors (Lipinski definition) is 4. The Balaban J connectivity index is 1.89. The summed E-state index contributed by atoms with van der Waals surface area (Å²) in [7, 11) is -2.90. The highest BCUT2D eigenvalue weighted by molar-refractivity contribution is 7.91. The second kappa shape index (κ2) is 6.01. The van der Waals surface area contributed by atoms with Gasteiger partial charge in [-0.2, -0.15) is 0 Å². The van der Waals surface area contributed by atoms with Crippen LogP contribution in [0.1, 0.15) is 36.9 Å². The molecular formula is C14H22N2O2S. The van der Waals surface area contributed by atoms with Crippen LogP contribution in [0.15, 0.2) is 18.3 Å². The van der Waals surface area contributed by atoms with Crippen molar-refractivity contribution in [3.8, 4) is 0 Å². The number of pyridine rings is 1. The highest BCUT2D eigenvalue weighted by Crippen LogP contribution is 2.24. The molecule has 2 unspecified atom stereocenters. The van der Waals surface area contributed by atoms with Crippen molar-refractivity contribution in [1.82, 2.24) is 10.3 Å². The van der Waals surface area contributed by atoms with Crippen molar-refractivity contribution in [2.24, 2.45) is 0 Å². The van der Waals surface area contributed by atoms with Crippen LogP contribution in [0.5, 0.6) is 0 Å². The highest BCUT2D eigenvalue weighted by Gasteiger charge is 2.28. The van der Waals surface area contributed by atoms with Crippen molar-refractivity contribution in [3.05, 3.63) is 29.6 Å². The molecule has 1 N–H and O–H groups in total. The topological polar surface area (TPSA) is 59.1 Å². The number of nitrogens with zero attached hydrogens (tertiary/aromatic N) is 1. The second-order valence-corrected chi connectivity index (χ2v) is 7.85. The van der Waals surface area contributed by atoms with Gasteiger partial charge < -0.3 is 5.32 Å². The minimum absolute atomic E-state index is 0.177. The Labute approximate surface area is 115 Å². The minimum atomic E-state index is -2.90. The predicted octanol–water partition coefficient (Wildman–Crippen LogP) is 1.84. The first kappa shape index (κ1) is 14.5. The molecular weight excluding hydrogens is 260 g/mol. The lowest BCUT2D eigenvalue weighted by molar-refractivity contribution is 0.369. The summed E-state index contributed by atoms with van der Waals surface area (Å²) in [6, 6.07) is 4.32. The molecule has 0 spiro atoms. The number of aryl methyl sites for hydroxylation is 1. The predicted molar refractivity (Wildman–Crippen MR) is 76.7 cm³/mol. The molecule has 1 fully saturated rings. The van der Waals surface area contributed by atoms with Crippen LogP contribution in [-0.2, 0) is 16.4 Å². The van der Waals surface area contributed by atoms with Crippen LogP contribution in [0.3, 0.4) is 0 Å². The molecule has 1 aromatic heterocycles. The largest absolute Gasteiger partial charge is 0.308 e. The molecule has 0 amide bonds. The van der Waals surface area contributed by atoms with E-state index in [0.717, 1.165) is 31.4 Å². The maximum absolute atomic E-state index is 11.6. The fourth-order valence-electron chi connectivity index (χ4n) is 2.66. The van der Waals surface area contributed by atoms with E-state index in [-0.39, 0.29) is 11.3 Å². The normalized spacial score (nSPS) is 24.3. The summed E-state index contributed by atoms with van der Waals surface area (Å²) < 4.78 is 23.2. The van der Waals surface area contributed by atoms with Crippen molar-refractivity contribution in [2.75, 3.05) is 6.26 Å². The molecule has 1 aliphatic rings. The average Bonchev–Trinajstić information content (AvgIpc) is 2.36. The molecule has 5 heteroatoms. The Kier molecular flexibility index (Phi) is 4.58. The van der Waals surface area contributed by atoms with Gasteiger partial charge in [0.1, 0.15) is 9.84 Å². The molecule has 19 heavy (non-hydrogen) atoms. The van der Waals surface area contributed by atoms with Gasteiger partial charge in [-0.1, -0.05) is 6.42 Å². The van der Waals surface area contributed by atoms with Crippen LogP contribution < -0.4 is 5.32 Å². The van der Waals surface area contributed by atoms with Gasteiger partial charge in [0, 0.05) is 25.0 Å². The first-order valence-electron chi connectivity index (χ1n) is 6.79. The van der Waals surface area contributed by atoms with Gasteiger partial charge in [0.2, 0.25) is 0 Å². The maximum atomic E-state index is 11.6. The monoisotopic (exact) mass is 282 g/mol. The molecule has 1 saturated carbocycles. The zero-order valence-electron chi connectivity index (χ0n) is 11.6. The standard InChI is InChI=1S/C14H22N2O2S/c1-11-6-7-15-13(8-11)10-16-12-4-3-5-14(9-12)19(2,17)18/h6-8,12,14,16H,3-5,9-10H2,1-2H3. The molecule has 0 radical (unpaired) electrons. The first-order chi connectivity index (χ1) is 8.95. The Hall–Kier alpha value is -0.940. The molecule has 4 nitrogen and oxygen atoms in total. The summed E-state index contributed by atoms with van der Waals surface area (Å²) >= 11 is 0. The lowest BCUT2D eigenvalue weighted by Gasteiger charge is -2.28. The molecule has 0 bridgehead atoms. The summed E-state index contributed by atoms with van der Waals surface area (Å²) in [5.74, 6) is 0. The van der Waals surface area contributed by atoms with Gasteiger partial charge in [0.05, 0.1) is 10.9 Å². The van der Waals surface area contributed by atoms with Crippen molar-refractivity contribution in [3.63, 3.8) is 0 Å². The van der Waals surface area contributed by atoms with E-state index in [0.29, 0.717) is 6.54 Å². The lowest BCUT2D eigenvalue weighted by Crippen LogP contribution is -2.38. The number of nitrogens with one attached hydrogen (secondary N) is 1. The average molecular weight is 282 g/mol. The van der Waals surface area contributed by atoms with E-state index in [4.69, 9.17) is 0 Å². The van der Waals surface area contributed by atoms with Crippen molar-refractivity contribution in [2.45, 2.75) is 50.4 Å². The van der Waals surface area contributed by atoms with Crippen LogP contribution in [-0.4, -0.2) is 30.9 Å². The molecule has 106 valence electrons. The smallest absolute Gasteiger partial charge is 0.150 e. The van der Waals surface area contributed by atoms with Gasteiger partial charge in [0.25, 0.3) is 0 Å². The molecule has 1 heterocycles. The van der Waals surface area contributed by atoms with Gasteiger partial charge in [-0.05, 0) is 43.9 Å². The lowest BCUT2D eigenvalue weighted by atomic mass is 9.95. The molecule has 1 aliphatic carbocycles. The van der Waals surface area contributed by atoms with Crippen LogP contribution in [0.2, 0.25) is 0 Å². The Bertz CT molecular complexity index is 528. The summed E-state index contributed by atoms with van der Waals surface area (Å²) in [5.41, 5.74) is 2.21. The number of rotatable bonds is 4. The van der Waals surface area contributed by atoms with E-state index >= 15 is 0 Å². The Morgan fingerprint density at radius 1 is 1.42 bits per heavy atom. The van der Waals surface area contributed by atoms with E-state index in [9.17, 15) is 8.42 Å². The van der Waals surface area contributed by atoms with Gasteiger partial charge in [-0.15, -0.1) is 0 Å². The summed E-state index contributed by atoms with van der Waals surface area (Å²) in [5, 5.41) is 3.26. The fourth-order valence-corrected chi connectivity index (χ4v) is 3.84. The van der Waals surface area contributed by atoms with E-state index in [1.807, 2.05) is 19.2 Å². The SMILES string of the molecule is Cc1ccnc(CNC2CCCC(S(C)(=O)=O)C2)c1. The van der Waals surface area contributed by atoms with Crippen molar-refractivity contribution < 1.29 is 8.42 Å². The second-order valence-electron chi connectivity index (χ2n) is 5.52. The van der Waals surface area contributed by atoms with E-state index < -0.39 is 9.84 Å². The van der Waals surface area contributed by atoms with Gasteiger partial charge in [0.15, 0.2) is 0 Å². The van der Waals surface area contributed by atoms with Gasteiger partial charge in [-0.3, -0.25) is 4.98 Å². The zero-order chi connectivity index (χ0) is 13.9. The molecule has 1 aromatic rings. The van der Waals surface area contributed by atoms with Crippen molar-refractivity contribution >= 4 is 9.84 Å². The van der Waals surface area contributed by atoms with Crippen LogP contribution in [0.4, 0.5) is 0 Å². The van der Waals surface area contributed by atoms with Crippen LogP contribution >= 0.6 is 0 Å². The Morgan fingerprint density at radius 3 is 2.89 bits per heavy atom. The van der Waals surface area contributed by atoms with Crippen molar-refractivity contribution in [1.29, 1.82) is 0 Å². The fraction of sp³-hybridized carbons (Fsp3) is 0.643. The molecule has 2 atom stereocenters. The third kappa shape index (κ3) is 4.28. The van der Waals surface area contributed by atoms with Crippen LogP contribution in [0.25, 0.3) is 0 Å². The Morgan fingerprint density at radius 2 is 2.21 bits per heavy atom. The summed E-state index contributed by atoms with van der Waals surface area (Å²) in [4.78, 5) is 4.31.